The summed E-state index contributed by atoms with van der Waals surface area (Å²) in [6.07, 6.45) is -0.456. The molecule has 110 valence electrons. The number of likely N-dealkylation sites (N-methyl/N-ethyl adjacent to an activating group) is 1. The fourth-order valence-electron chi connectivity index (χ4n) is 1.67. The van der Waals surface area contributed by atoms with Crippen molar-refractivity contribution in [1.29, 1.82) is 0 Å². The Morgan fingerprint density at radius 2 is 1.75 bits per heavy atom. The molecule has 1 rings (SSSR count). The summed E-state index contributed by atoms with van der Waals surface area (Å²) in [5.74, 6) is -0.289. The molecule has 0 spiro atoms. The summed E-state index contributed by atoms with van der Waals surface area (Å²) in [5, 5.41) is 2.65. The lowest BCUT2D eigenvalue weighted by molar-refractivity contribution is -0.114. The van der Waals surface area contributed by atoms with Gasteiger partial charge in [-0.2, -0.15) is 0 Å². The first kappa shape index (κ1) is 16.1. The molecule has 0 saturated heterocycles. The summed E-state index contributed by atoms with van der Waals surface area (Å²) in [6, 6.07) is 6.70. The van der Waals surface area contributed by atoms with E-state index in [4.69, 9.17) is 9.47 Å². The van der Waals surface area contributed by atoms with E-state index in [1.165, 1.54) is 26.0 Å². The Kier molecular flexibility index (Phi) is 6.14. The van der Waals surface area contributed by atoms with Gasteiger partial charge < -0.3 is 19.7 Å². The van der Waals surface area contributed by atoms with Gasteiger partial charge in [-0.25, -0.2) is 0 Å². The van der Waals surface area contributed by atoms with Crippen LogP contribution in [0.1, 0.15) is 17.3 Å². The lowest BCUT2D eigenvalue weighted by Crippen LogP contribution is -2.36. The van der Waals surface area contributed by atoms with E-state index in [9.17, 15) is 9.59 Å². The van der Waals surface area contributed by atoms with Crippen molar-refractivity contribution in [3.63, 3.8) is 0 Å². The zero-order valence-corrected chi connectivity index (χ0v) is 12.2. The summed E-state index contributed by atoms with van der Waals surface area (Å²) in [4.78, 5) is 24.6. The highest BCUT2D eigenvalue weighted by atomic mass is 16.7. The number of nitrogens with zero attached hydrogens (tertiary/aromatic N) is 1. The molecule has 0 aliphatic carbocycles. The van der Waals surface area contributed by atoms with Crippen LogP contribution in [0.3, 0.4) is 0 Å². The fraction of sp³-hybridized carbons (Fsp3) is 0.429. The Labute approximate surface area is 118 Å². The molecule has 0 atom stereocenters. The third-order valence-corrected chi connectivity index (χ3v) is 2.75. The van der Waals surface area contributed by atoms with E-state index in [2.05, 4.69) is 5.32 Å². The number of benzene rings is 1. The van der Waals surface area contributed by atoms with E-state index in [-0.39, 0.29) is 11.8 Å². The molecular formula is C14H20N2O4. The second-order valence-electron chi connectivity index (χ2n) is 4.35. The SMILES string of the molecule is COC(CN(C)C(=O)c1ccc(NC(C)=O)cc1)OC. The summed E-state index contributed by atoms with van der Waals surface area (Å²) < 4.78 is 10.1. The molecule has 0 aliphatic rings. The highest BCUT2D eigenvalue weighted by Crippen LogP contribution is 2.11. The number of hydrogen-bond acceptors (Lipinski definition) is 4. The van der Waals surface area contributed by atoms with E-state index in [1.54, 1.807) is 31.3 Å². The van der Waals surface area contributed by atoms with Gasteiger partial charge in [-0.3, -0.25) is 9.59 Å². The van der Waals surface area contributed by atoms with E-state index in [1.807, 2.05) is 0 Å². The highest BCUT2D eigenvalue weighted by Gasteiger charge is 2.16. The van der Waals surface area contributed by atoms with Crippen LogP contribution in [0.5, 0.6) is 0 Å². The molecule has 0 saturated carbocycles. The van der Waals surface area contributed by atoms with Crippen molar-refractivity contribution in [2.45, 2.75) is 13.2 Å². The Hall–Kier alpha value is -1.92. The number of ether oxygens (including phenoxy) is 2. The van der Waals surface area contributed by atoms with Crippen molar-refractivity contribution in [3.05, 3.63) is 29.8 Å². The van der Waals surface area contributed by atoms with Gasteiger partial charge >= 0.3 is 0 Å². The minimum atomic E-state index is -0.456. The molecule has 1 aromatic rings. The average Bonchev–Trinajstić information content (AvgIpc) is 2.43. The zero-order valence-electron chi connectivity index (χ0n) is 12.2. The molecule has 6 heteroatoms. The van der Waals surface area contributed by atoms with Gasteiger partial charge in [-0.15, -0.1) is 0 Å². The summed E-state index contributed by atoms with van der Waals surface area (Å²) in [7, 11) is 4.72. The summed E-state index contributed by atoms with van der Waals surface area (Å²) in [5.41, 5.74) is 1.19. The third-order valence-electron chi connectivity index (χ3n) is 2.75. The van der Waals surface area contributed by atoms with Gasteiger partial charge in [0, 0.05) is 39.4 Å². The molecule has 0 heterocycles. The minimum Gasteiger partial charge on any atom is -0.354 e. The number of anilines is 1. The van der Waals surface area contributed by atoms with Crippen LogP contribution in [-0.2, 0) is 14.3 Å². The lowest BCUT2D eigenvalue weighted by Gasteiger charge is -2.22. The van der Waals surface area contributed by atoms with E-state index < -0.39 is 6.29 Å². The van der Waals surface area contributed by atoms with E-state index in [0.717, 1.165) is 0 Å². The monoisotopic (exact) mass is 280 g/mol. The van der Waals surface area contributed by atoms with Crippen LogP contribution >= 0.6 is 0 Å². The summed E-state index contributed by atoms with van der Waals surface area (Å²) in [6.45, 7) is 1.77. The van der Waals surface area contributed by atoms with Gasteiger partial charge in [0.15, 0.2) is 6.29 Å². The largest absolute Gasteiger partial charge is 0.354 e. The minimum absolute atomic E-state index is 0.140. The first-order valence-electron chi connectivity index (χ1n) is 6.16. The molecule has 0 bridgehead atoms. The first-order valence-corrected chi connectivity index (χ1v) is 6.16. The van der Waals surface area contributed by atoms with Crippen molar-refractivity contribution in [2.24, 2.45) is 0 Å². The maximum absolute atomic E-state index is 12.2. The van der Waals surface area contributed by atoms with Gasteiger partial charge in [0.1, 0.15) is 0 Å². The number of carbonyl (C=O) groups excluding carboxylic acids is 2. The number of methoxy groups -OCH3 is 2. The molecule has 0 radical (unpaired) electrons. The van der Waals surface area contributed by atoms with E-state index >= 15 is 0 Å². The Bertz CT molecular complexity index is 455. The lowest BCUT2D eigenvalue weighted by atomic mass is 10.2. The predicted molar refractivity (Wildman–Crippen MR) is 75.5 cm³/mol. The van der Waals surface area contributed by atoms with Gasteiger partial charge in [-0.1, -0.05) is 0 Å². The normalized spacial score (nSPS) is 10.4. The van der Waals surface area contributed by atoms with Crippen LogP contribution in [0.4, 0.5) is 5.69 Å². The van der Waals surface area contributed by atoms with Crippen LogP contribution in [-0.4, -0.2) is 50.8 Å². The molecule has 2 amide bonds. The van der Waals surface area contributed by atoms with Crippen LogP contribution in [0.25, 0.3) is 0 Å². The maximum Gasteiger partial charge on any atom is 0.253 e. The van der Waals surface area contributed by atoms with Gasteiger partial charge in [0.05, 0.1) is 6.54 Å². The van der Waals surface area contributed by atoms with Crippen LogP contribution in [0, 0.1) is 0 Å². The molecular weight excluding hydrogens is 260 g/mol. The van der Waals surface area contributed by atoms with Gasteiger partial charge in [0.25, 0.3) is 5.91 Å². The van der Waals surface area contributed by atoms with Gasteiger partial charge in [-0.05, 0) is 24.3 Å². The van der Waals surface area contributed by atoms with Crippen molar-refractivity contribution < 1.29 is 19.1 Å². The van der Waals surface area contributed by atoms with Crippen molar-refractivity contribution in [3.8, 4) is 0 Å². The van der Waals surface area contributed by atoms with Crippen molar-refractivity contribution in [1.82, 2.24) is 4.90 Å². The predicted octanol–water partition coefficient (Wildman–Crippen LogP) is 1.34. The molecule has 1 N–H and O–H groups in total. The van der Waals surface area contributed by atoms with Crippen molar-refractivity contribution in [2.75, 3.05) is 33.1 Å². The Morgan fingerprint density at radius 1 is 1.20 bits per heavy atom. The molecule has 0 unspecified atom stereocenters. The number of amides is 2. The van der Waals surface area contributed by atoms with Crippen LogP contribution in [0.2, 0.25) is 0 Å². The third kappa shape index (κ3) is 4.64. The van der Waals surface area contributed by atoms with Crippen LogP contribution in [0.15, 0.2) is 24.3 Å². The summed E-state index contributed by atoms with van der Waals surface area (Å²) >= 11 is 0. The quantitative estimate of drug-likeness (QED) is 0.798. The second kappa shape index (κ2) is 7.62. The van der Waals surface area contributed by atoms with Crippen molar-refractivity contribution >= 4 is 17.5 Å². The first-order chi connectivity index (χ1) is 9.47. The number of carbonyl (C=O) groups is 2. The zero-order chi connectivity index (χ0) is 15.1. The van der Waals surface area contributed by atoms with E-state index in [0.29, 0.717) is 17.8 Å². The standard InChI is InChI=1S/C14H20N2O4/c1-10(17)15-12-7-5-11(6-8-12)14(18)16(2)9-13(19-3)20-4/h5-8,13H,9H2,1-4H3,(H,15,17). The topological polar surface area (TPSA) is 67.9 Å². The highest BCUT2D eigenvalue weighted by molar-refractivity contribution is 5.95. The fourth-order valence-corrected chi connectivity index (χ4v) is 1.67. The number of rotatable bonds is 6. The maximum atomic E-state index is 12.2. The molecule has 0 aromatic heterocycles. The molecule has 0 fully saturated rings. The Morgan fingerprint density at radius 3 is 2.20 bits per heavy atom. The number of nitrogens with one attached hydrogen (secondary N) is 1. The molecule has 6 nitrogen and oxygen atoms in total. The number of hydrogen-bond donors (Lipinski definition) is 1. The molecule has 0 aliphatic heterocycles. The second-order valence-corrected chi connectivity index (χ2v) is 4.35. The molecule has 20 heavy (non-hydrogen) atoms. The Balaban J connectivity index is 2.69. The van der Waals surface area contributed by atoms with Crippen LogP contribution < -0.4 is 5.32 Å². The van der Waals surface area contributed by atoms with Gasteiger partial charge in [0.2, 0.25) is 5.91 Å². The average molecular weight is 280 g/mol. The smallest absolute Gasteiger partial charge is 0.253 e. The molecule has 1 aromatic carbocycles.